The lowest BCUT2D eigenvalue weighted by Gasteiger charge is -2.09. The Kier molecular flexibility index (Phi) is 4.45. The minimum Gasteiger partial charge on any atom is -0.373 e. The van der Waals surface area contributed by atoms with Gasteiger partial charge in [-0.1, -0.05) is 25.5 Å². The molecule has 0 atom stereocenters. The average Bonchev–Trinajstić information content (AvgIpc) is 2.46. The second kappa shape index (κ2) is 6.11. The zero-order valence-electron chi connectivity index (χ0n) is 11.8. The van der Waals surface area contributed by atoms with Crippen LogP contribution in [-0.2, 0) is 12.6 Å². The first-order valence-corrected chi connectivity index (χ1v) is 6.67. The lowest BCUT2D eigenvalue weighted by Crippen LogP contribution is -2.05. The number of nitrogens with one attached hydrogen (secondary N) is 1. The van der Waals surface area contributed by atoms with E-state index in [4.69, 9.17) is 0 Å². The number of rotatable bonds is 4. The van der Waals surface area contributed by atoms with Crippen LogP contribution in [0.4, 0.5) is 19.0 Å². The number of hydrogen-bond acceptors (Lipinski definition) is 3. The van der Waals surface area contributed by atoms with Crippen molar-refractivity contribution >= 4 is 5.82 Å². The van der Waals surface area contributed by atoms with Gasteiger partial charge in [0.1, 0.15) is 5.82 Å². The van der Waals surface area contributed by atoms with E-state index in [9.17, 15) is 13.2 Å². The van der Waals surface area contributed by atoms with Gasteiger partial charge in [-0.2, -0.15) is 13.2 Å². The van der Waals surface area contributed by atoms with Crippen LogP contribution in [0.5, 0.6) is 0 Å². The Labute approximate surface area is 121 Å². The van der Waals surface area contributed by atoms with Gasteiger partial charge in [0.2, 0.25) is 0 Å². The predicted octanol–water partition coefficient (Wildman–Crippen LogP) is 4.16. The molecule has 0 saturated carbocycles. The van der Waals surface area contributed by atoms with E-state index in [2.05, 4.69) is 15.3 Å². The minimum atomic E-state index is -4.33. The Morgan fingerprint density at radius 1 is 1.10 bits per heavy atom. The molecule has 2 aromatic rings. The van der Waals surface area contributed by atoms with E-state index in [1.165, 1.54) is 12.1 Å². The maximum atomic E-state index is 12.6. The van der Waals surface area contributed by atoms with E-state index in [0.29, 0.717) is 17.2 Å². The molecule has 0 bridgehead atoms. The van der Waals surface area contributed by atoms with Crippen molar-refractivity contribution in [3.63, 3.8) is 0 Å². The molecule has 0 fully saturated rings. The molecule has 21 heavy (non-hydrogen) atoms. The third-order valence-electron chi connectivity index (χ3n) is 3.01. The van der Waals surface area contributed by atoms with E-state index >= 15 is 0 Å². The monoisotopic (exact) mass is 295 g/mol. The van der Waals surface area contributed by atoms with Crippen LogP contribution in [0.2, 0.25) is 0 Å². The number of alkyl halides is 3. The maximum Gasteiger partial charge on any atom is 0.416 e. The van der Waals surface area contributed by atoms with Gasteiger partial charge in [0, 0.05) is 24.4 Å². The molecule has 112 valence electrons. The Bertz CT molecular complexity index is 607. The second-order valence-corrected chi connectivity index (χ2v) is 4.64. The average molecular weight is 295 g/mol. The molecule has 0 unspecified atom stereocenters. The summed E-state index contributed by atoms with van der Waals surface area (Å²) in [4.78, 5) is 8.69. The first-order valence-electron chi connectivity index (χ1n) is 6.67. The highest BCUT2D eigenvalue weighted by molar-refractivity contribution is 5.58. The van der Waals surface area contributed by atoms with Crippen LogP contribution < -0.4 is 5.32 Å². The van der Waals surface area contributed by atoms with E-state index < -0.39 is 11.7 Å². The first kappa shape index (κ1) is 15.3. The smallest absolute Gasteiger partial charge is 0.373 e. The zero-order chi connectivity index (χ0) is 15.5. The van der Waals surface area contributed by atoms with Gasteiger partial charge in [-0.3, -0.25) is 0 Å². The van der Waals surface area contributed by atoms with Crippen molar-refractivity contribution < 1.29 is 13.2 Å². The Morgan fingerprint density at radius 2 is 1.76 bits per heavy atom. The molecule has 0 saturated heterocycles. The quantitative estimate of drug-likeness (QED) is 0.920. The summed E-state index contributed by atoms with van der Waals surface area (Å²) < 4.78 is 37.7. The maximum absolute atomic E-state index is 12.6. The van der Waals surface area contributed by atoms with E-state index in [1.54, 1.807) is 7.05 Å². The number of aryl methyl sites for hydroxylation is 1. The van der Waals surface area contributed by atoms with E-state index in [-0.39, 0.29) is 0 Å². The van der Waals surface area contributed by atoms with Crippen LogP contribution in [0.25, 0.3) is 11.4 Å². The van der Waals surface area contributed by atoms with Crippen LogP contribution in [0, 0.1) is 0 Å². The molecule has 1 aromatic carbocycles. The molecular weight excluding hydrogens is 279 g/mol. The van der Waals surface area contributed by atoms with Crippen molar-refractivity contribution in [1.82, 2.24) is 9.97 Å². The van der Waals surface area contributed by atoms with Crippen LogP contribution in [0.15, 0.2) is 30.3 Å². The molecule has 3 nitrogen and oxygen atoms in total. The fourth-order valence-corrected chi connectivity index (χ4v) is 1.95. The molecule has 1 aromatic heterocycles. The standard InChI is InChI=1S/C15H16F3N3/c1-3-4-12-9-13(19-2)21-14(20-12)10-5-7-11(8-6-10)15(16,17)18/h5-9H,3-4H2,1-2H3,(H,19,20,21). The molecule has 1 heterocycles. The van der Waals surface area contributed by atoms with Gasteiger partial charge in [0.25, 0.3) is 0 Å². The van der Waals surface area contributed by atoms with Gasteiger partial charge < -0.3 is 5.32 Å². The summed E-state index contributed by atoms with van der Waals surface area (Å²) in [6, 6.07) is 6.73. The number of hydrogen-bond donors (Lipinski definition) is 1. The van der Waals surface area contributed by atoms with Crippen molar-refractivity contribution in [2.75, 3.05) is 12.4 Å². The molecular formula is C15H16F3N3. The number of benzene rings is 1. The minimum absolute atomic E-state index is 0.430. The van der Waals surface area contributed by atoms with Crippen molar-refractivity contribution in [3.8, 4) is 11.4 Å². The van der Waals surface area contributed by atoms with Gasteiger partial charge in [-0.25, -0.2) is 9.97 Å². The van der Waals surface area contributed by atoms with Crippen LogP contribution in [0.3, 0.4) is 0 Å². The molecule has 2 rings (SSSR count). The summed E-state index contributed by atoms with van der Waals surface area (Å²) in [6.45, 7) is 2.04. The van der Waals surface area contributed by atoms with Crippen molar-refractivity contribution in [2.24, 2.45) is 0 Å². The third kappa shape index (κ3) is 3.71. The Morgan fingerprint density at radius 3 is 2.29 bits per heavy atom. The van der Waals surface area contributed by atoms with Gasteiger partial charge in [0.15, 0.2) is 5.82 Å². The van der Waals surface area contributed by atoms with E-state index in [1.807, 2.05) is 13.0 Å². The summed E-state index contributed by atoms with van der Waals surface area (Å²) in [5.74, 6) is 1.09. The van der Waals surface area contributed by atoms with Gasteiger partial charge in [-0.15, -0.1) is 0 Å². The number of anilines is 1. The number of halogens is 3. The molecule has 0 amide bonds. The van der Waals surface area contributed by atoms with Crippen molar-refractivity contribution in [3.05, 3.63) is 41.6 Å². The van der Waals surface area contributed by atoms with Crippen LogP contribution >= 0.6 is 0 Å². The summed E-state index contributed by atoms with van der Waals surface area (Å²) in [5.41, 5.74) is 0.758. The molecule has 0 radical (unpaired) electrons. The highest BCUT2D eigenvalue weighted by Gasteiger charge is 2.30. The fourth-order valence-electron chi connectivity index (χ4n) is 1.95. The normalized spacial score (nSPS) is 11.5. The molecule has 0 spiro atoms. The third-order valence-corrected chi connectivity index (χ3v) is 3.01. The molecule has 6 heteroatoms. The largest absolute Gasteiger partial charge is 0.416 e. The van der Waals surface area contributed by atoms with Gasteiger partial charge in [0.05, 0.1) is 5.56 Å². The summed E-state index contributed by atoms with van der Waals surface area (Å²) >= 11 is 0. The zero-order valence-corrected chi connectivity index (χ0v) is 11.8. The summed E-state index contributed by atoms with van der Waals surface area (Å²) in [5, 5.41) is 2.94. The summed E-state index contributed by atoms with van der Waals surface area (Å²) in [6.07, 6.45) is -2.60. The highest BCUT2D eigenvalue weighted by atomic mass is 19.4. The van der Waals surface area contributed by atoms with Crippen LogP contribution in [0.1, 0.15) is 24.6 Å². The SMILES string of the molecule is CCCc1cc(NC)nc(-c2ccc(C(F)(F)F)cc2)n1. The lowest BCUT2D eigenvalue weighted by molar-refractivity contribution is -0.137. The van der Waals surface area contributed by atoms with Crippen molar-refractivity contribution in [2.45, 2.75) is 25.9 Å². The molecule has 0 aliphatic rings. The highest BCUT2D eigenvalue weighted by Crippen LogP contribution is 2.30. The second-order valence-electron chi connectivity index (χ2n) is 4.64. The Balaban J connectivity index is 2.39. The molecule has 0 aliphatic carbocycles. The van der Waals surface area contributed by atoms with E-state index in [0.717, 1.165) is 30.7 Å². The fraction of sp³-hybridized carbons (Fsp3) is 0.333. The summed E-state index contributed by atoms with van der Waals surface area (Å²) in [7, 11) is 1.74. The predicted molar refractivity (Wildman–Crippen MR) is 76.0 cm³/mol. The topological polar surface area (TPSA) is 37.8 Å². The number of nitrogens with zero attached hydrogens (tertiary/aromatic N) is 2. The first-order chi connectivity index (χ1) is 9.94. The lowest BCUT2D eigenvalue weighted by atomic mass is 10.1. The molecule has 0 aliphatic heterocycles. The van der Waals surface area contributed by atoms with Crippen molar-refractivity contribution in [1.29, 1.82) is 0 Å². The number of aromatic nitrogens is 2. The Hall–Kier alpha value is -2.11. The van der Waals surface area contributed by atoms with Gasteiger partial charge >= 0.3 is 6.18 Å². The molecule has 1 N–H and O–H groups in total. The van der Waals surface area contributed by atoms with Gasteiger partial charge in [-0.05, 0) is 18.6 Å². The van der Waals surface area contributed by atoms with Crippen LogP contribution in [-0.4, -0.2) is 17.0 Å².